The molecule has 8 heteroatoms. The molecule has 0 saturated heterocycles. The summed E-state index contributed by atoms with van der Waals surface area (Å²) in [6, 6.07) is 27.6. The van der Waals surface area contributed by atoms with Gasteiger partial charge in [-0.1, -0.05) is 60.7 Å². The molecule has 0 aliphatic rings. The number of pyridine rings is 1. The van der Waals surface area contributed by atoms with Crippen LogP contribution in [0.3, 0.4) is 0 Å². The van der Waals surface area contributed by atoms with Gasteiger partial charge in [0.2, 0.25) is 11.8 Å². The molecule has 5 rings (SSSR count). The molecule has 2 aromatic heterocycles. The number of carbonyl (C=O) groups excluding carboxylic acids is 1. The van der Waals surface area contributed by atoms with Gasteiger partial charge >= 0.3 is 0 Å². The molecule has 0 spiro atoms. The predicted octanol–water partition coefficient (Wildman–Crippen LogP) is 6.56. The van der Waals surface area contributed by atoms with E-state index in [0.29, 0.717) is 18.1 Å². The first-order valence-electron chi connectivity index (χ1n) is 11.6. The molecule has 0 unspecified atom stereocenters. The quantitative estimate of drug-likeness (QED) is 0.241. The van der Waals surface area contributed by atoms with Crippen LogP contribution >= 0.6 is 12.2 Å². The predicted molar refractivity (Wildman–Crippen MR) is 150 cm³/mol. The van der Waals surface area contributed by atoms with Crippen molar-refractivity contribution in [3.05, 3.63) is 120 Å². The van der Waals surface area contributed by atoms with Crippen LogP contribution in [0.5, 0.6) is 11.6 Å². The zero-order valence-corrected chi connectivity index (χ0v) is 20.5. The van der Waals surface area contributed by atoms with Gasteiger partial charge in [-0.2, -0.15) is 0 Å². The molecule has 5 aromatic rings. The van der Waals surface area contributed by atoms with Crippen molar-refractivity contribution in [1.29, 1.82) is 0 Å². The Morgan fingerprint density at radius 1 is 0.973 bits per heavy atom. The van der Waals surface area contributed by atoms with Crippen LogP contribution in [-0.4, -0.2) is 20.6 Å². The van der Waals surface area contributed by atoms with Crippen LogP contribution < -0.4 is 15.4 Å². The summed E-state index contributed by atoms with van der Waals surface area (Å²) < 4.78 is 22.9. The summed E-state index contributed by atoms with van der Waals surface area (Å²) >= 11 is 5.21. The van der Waals surface area contributed by atoms with Gasteiger partial charge in [-0.15, -0.1) is 0 Å². The molecular formula is C29H27FN4O2S. The van der Waals surface area contributed by atoms with Gasteiger partial charge in [0, 0.05) is 38.9 Å². The molecule has 188 valence electrons. The number of hydrogen-bond donors (Lipinski definition) is 2. The Labute approximate surface area is 221 Å². The lowest BCUT2D eigenvalue weighted by Crippen LogP contribution is -2.35. The molecule has 2 heterocycles. The molecule has 0 aliphatic heterocycles. The normalized spacial score (nSPS) is 10.7. The molecule has 0 aliphatic carbocycles. The van der Waals surface area contributed by atoms with E-state index >= 15 is 0 Å². The highest BCUT2D eigenvalue weighted by atomic mass is 32.1. The molecule has 0 saturated carbocycles. The fourth-order valence-electron chi connectivity index (χ4n) is 3.98. The molecule has 0 fully saturated rings. The summed E-state index contributed by atoms with van der Waals surface area (Å²) in [4.78, 5) is 16.6. The third-order valence-electron chi connectivity index (χ3n) is 5.70. The maximum atomic E-state index is 15.0. The number of rotatable bonds is 7. The zero-order valence-electron chi connectivity index (χ0n) is 19.7. The molecule has 37 heavy (non-hydrogen) atoms. The number of amides is 1. The average Bonchev–Trinajstić information content (AvgIpc) is 3.30. The number of aromatic nitrogens is 2. The van der Waals surface area contributed by atoms with Gasteiger partial charge in [0.1, 0.15) is 5.52 Å². The van der Waals surface area contributed by atoms with Crippen LogP contribution in [0.2, 0.25) is 0 Å². The first kappa shape index (κ1) is 24.1. The van der Waals surface area contributed by atoms with Crippen molar-refractivity contribution in [1.82, 2.24) is 14.9 Å². The van der Waals surface area contributed by atoms with Crippen molar-refractivity contribution in [2.45, 2.75) is 13.0 Å². The summed E-state index contributed by atoms with van der Waals surface area (Å²) in [5.41, 5.74) is 3.15. The Kier molecular flexibility index (Phi) is 7.19. The van der Waals surface area contributed by atoms with E-state index in [1.54, 1.807) is 12.3 Å². The molecule has 0 radical (unpaired) electrons. The highest BCUT2D eigenvalue weighted by Crippen LogP contribution is 2.31. The van der Waals surface area contributed by atoms with Crippen LogP contribution in [0.4, 0.5) is 10.1 Å². The summed E-state index contributed by atoms with van der Waals surface area (Å²) in [5.74, 6) is -0.524. The highest BCUT2D eigenvalue weighted by Gasteiger charge is 2.14. The smallest absolute Gasteiger partial charge is 0.244 e. The second-order valence-electron chi connectivity index (χ2n) is 8.40. The Hall–Kier alpha value is -4.56. The number of hydrogen-bond acceptors (Lipinski definition) is 4. The fraction of sp³-hybridized carbons (Fsp3) is 0.0690. The van der Waals surface area contributed by atoms with Gasteiger partial charge < -0.3 is 19.9 Å². The average molecular weight is 515 g/mol. The number of nitrogens with zero attached hydrogens (tertiary/aromatic N) is 2. The van der Waals surface area contributed by atoms with E-state index in [4.69, 9.17) is 17.0 Å². The number of nitrogens with one attached hydrogen (secondary N) is 2. The number of halogens is 1. The lowest BCUT2D eigenvalue weighted by molar-refractivity contribution is -0.119. The lowest BCUT2D eigenvalue weighted by Gasteiger charge is -2.13. The topological polar surface area (TPSA) is 68.2 Å². The third-order valence-corrected chi connectivity index (χ3v) is 5.90. The molecule has 0 bridgehead atoms. The number of fused-ring (bicyclic) bond motifs is 1. The minimum atomic E-state index is -0.594. The summed E-state index contributed by atoms with van der Waals surface area (Å²) in [6.45, 7) is 0.630. The standard InChI is InChI=1S/C29H23FN4O2S.2H2/c30-24-18-23(32-29(37)33-26(35)17-20-7-3-1-4-8-20)11-12-25(24)36-28-27-22(13-15-31-28)14-16-34(27)19-21-9-5-2-6-10-21;;/h1-16,18H,17,19H2,(H2,32,33,35,37);2*1H. The van der Waals surface area contributed by atoms with Crippen molar-refractivity contribution in [2.75, 3.05) is 5.32 Å². The number of anilines is 1. The van der Waals surface area contributed by atoms with Crippen molar-refractivity contribution in [3.8, 4) is 11.6 Å². The Morgan fingerprint density at radius 2 is 1.70 bits per heavy atom. The molecule has 1 amide bonds. The first-order chi connectivity index (χ1) is 18.0. The minimum Gasteiger partial charge on any atom is -0.434 e. The zero-order chi connectivity index (χ0) is 25.6. The van der Waals surface area contributed by atoms with E-state index in [1.807, 2.05) is 83.6 Å². The van der Waals surface area contributed by atoms with Crippen molar-refractivity contribution in [2.24, 2.45) is 0 Å². The van der Waals surface area contributed by atoms with Gasteiger partial charge in [0.25, 0.3) is 0 Å². The van der Waals surface area contributed by atoms with Crippen LogP contribution in [0, 0.1) is 5.82 Å². The number of carbonyl (C=O) groups is 1. The van der Waals surface area contributed by atoms with Crippen molar-refractivity contribution in [3.63, 3.8) is 0 Å². The maximum Gasteiger partial charge on any atom is 0.244 e. The fourth-order valence-corrected chi connectivity index (χ4v) is 4.21. The summed E-state index contributed by atoms with van der Waals surface area (Å²) in [6.07, 6.45) is 3.78. The van der Waals surface area contributed by atoms with Crippen LogP contribution in [-0.2, 0) is 17.8 Å². The second kappa shape index (κ2) is 11.0. The largest absolute Gasteiger partial charge is 0.434 e. The lowest BCUT2D eigenvalue weighted by atomic mass is 10.1. The molecule has 6 nitrogen and oxygen atoms in total. The molecule has 0 atom stereocenters. The summed E-state index contributed by atoms with van der Waals surface area (Å²) in [7, 11) is 0. The van der Waals surface area contributed by atoms with Crippen LogP contribution in [0.1, 0.15) is 14.0 Å². The van der Waals surface area contributed by atoms with Gasteiger partial charge in [-0.3, -0.25) is 4.79 Å². The summed E-state index contributed by atoms with van der Waals surface area (Å²) in [5, 5.41) is 6.47. The number of ether oxygens (including phenoxy) is 1. The van der Waals surface area contributed by atoms with Gasteiger partial charge in [-0.25, -0.2) is 9.37 Å². The Morgan fingerprint density at radius 3 is 2.43 bits per heavy atom. The highest BCUT2D eigenvalue weighted by molar-refractivity contribution is 7.80. The SMILES string of the molecule is O=C(Cc1ccccc1)NC(=S)Nc1ccc(Oc2nccc3ccn(Cc4ccccc4)c23)c(F)c1.[HH].[HH]. The Bertz CT molecular complexity index is 1570. The Balaban J connectivity index is 0.00000210. The molecular weight excluding hydrogens is 487 g/mol. The van der Waals surface area contributed by atoms with E-state index in [2.05, 4.69) is 15.6 Å². The van der Waals surface area contributed by atoms with E-state index < -0.39 is 5.82 Å². The first-order valence-corrected chi connectivity index (χ1v) is 12.1. The van der Waals surface area contributed by atoms with E-state index in [1.165, 1.54) is 12.1 Å². The number of benzene rings is 3. The molecule has 2 N–H and O–H groups in total. The van der Waals surface area contributed by atoms with E-state index in [9.17, 15) is 9.18 Å². The van der Waals surface area contributed by atoms with Crippen LogP contribution in [0.15, 0.2) is 103 Å². The van der Waals surface area contributed by atoms with Crippen molar-refractivity contribution >= 4 is 39.8 Å². The molecule has 3 aromatic carbocycles. The van der Waals surface area contributed by atoms with Gasteiger partial charge in [0.05, 0.1) is 6.42 Å². The van der Waals surface area contributed by atoms with E-state index in [-0.39, 0.29) is 26.0 Å². The van der Waals surface area contributed by atoms with Gasteiger partial charge in [-0.05, 0) is 47.6 Å². The monoisotopic (exact) mass is 514 g/mol. The second-order valence-corrected chi connectivity index (χ2v) is 8.80. The number of thiocarbonyl (C=S) groups is 1. The van der Waals surface area contributed by atoms with Crippen molar-refractivity contribution < 1.29 is 16.8 Å². The van der Waals surface area contributed by atoms with Gasteiger partial charge in [0.15, 0.2) is 16.7 Å². The third kappa shape index (κ3) is 5.99. The van der Waals surface area contributed by atoms with Crippen LogP contribution in [0.25, 0.3) is 10.9 Å². The van der Waals surface area contributed by atoms with E-state index in [0.717, 1.165) is 22.0 Å². The maximum absolute atomic E-state index is 15.0. The minimum absolute atomic E-state index is 0.